The summed E-state index contributed by atoms with van der Waals surface area (Å²) < 4.78 is 70.6. The van der Waals surface area contributed by atoms with Crippen LogP contribution in [0.15, 0.2) is 18.2 Å². The number of hydrogen-bond acceptors (Lipinski definition) is 2. The first kappa shape index (κ1) is 13.3. The molecule has 0 radical (unpaired) electrons. The van der Waals surface area contributed by atoms with Gasteiger partial charge in [-0.25, -0.2) is 4.98 Å². The van der Waals surface area contributed by atoms with Crippen molar-refractivity contribution in [1.29, 1.82) is 0 Å². The lowest BCUT2D eigenvalue weighted by atomic mass is 10.1. The second-order valence-electron chi connectivity index (χ2n) is 4.51. The summed E-state index contributed by atoms with van der Waals surface area (Å²) in [7, 11) is 0. The van der Waals surface area contributed by atoms with E-state index in [4.69, 9.17) is 4.74 Å². The zero-order valence-electron chi connectivity index (χ0n) is 10.0. The molecule has 1 aliphatic heterocycles. The largest absolute Gasteiger partial charge is 0.458 e. The molecule has 0 N–H and O–H groups in total. The van der Waals surface area contributed by atoms with E-state index in [0.717, 1.165) is 12.1 Å². The number of benzene rings is 1. The maximum atomic E-state index is 13.3. The lowest BCUT2D eigenvalue weighted by Gasteiger charge is -2.19. The Balaban J connectivity index is 2.12. The molecule has 0 bridgehead atoms. The van der Waals surface area contributed by atoms with E-state index in [1.54, 1.807) is 4.57 Å². The molecular formula is C12H9F5N2O. The molecular weight excluding hydrogens is 283 g/mol. The van der Waals surface area contributed by atoms with Crippen LogP contribution in [0.3, 0.4) is 0 Å². The Kier molecular flexibility index (Phi) is 2.75. The summed E-state index contributed by atoms with van der Waals surface area (Å²) in [5.74, 6) is -4.36. The molecule has 8 heteroatoms. The second kappa shape index (κ2) is 4.15. The maximum absolute atomic E-state index is 13.3. The molecule has 108 valence electrons. The minimum atomic E-state index is -5.62. The van der Waals surface area contributed by atoms with Gasteiger partial charge in [0.1, 0.15) is 12.4 Å². The van der Waals surface area contributed by atoms with E-state index in [2.05, 4.69) is 4.98 Å². The molecule has 0 amide bonds. The van der Waals surface area contributed by atoms with Crippen molar-refractivity contribution in [2.75, 3.05) is 6.61 Å². The smallest absolute Gasteiger partial charge is 0.372 e. The number of hydrogen-bond donors (Lipinski definition) is 0. The highest BCUT2D eigenvalue weighted by Gasteiger charge is 2.58. The monoisotopic (exact) mass is 292 g/mol. The summed E-state index contributed by atoms with van der Waals surface area (Å²) in [5, 5.41) is 0. The molecule has 2 heterocycles. The van der Waals surface area contributed by atoms with Crippen LogP contribution in [0.4, 0.5) is 22.0 Å². The molecule has 1 aliphatic rings. The van der Waals surface area contributed by atoms with Gasteiger partial charge < -0.3 is 9.30 Å². The van der Waals surface area contributed by atoms with E-state index in [-0.39, 0.29) is 12.1 Å². The van der Waals surface area contributed by atoms with Crippen molar-refractivity contribution >= 4 is 11.0 Å². The highest BCUT2D eigenvalue weighted by atomic mass is 19.4. The van der Waals surface area contributed by atoms with Gasteiger partial charge >= 0.3 is 12.1 Å². The lowest BCUT2D eigenvalue weighted by molar-refractivity contribution is -0.289. The van der Waals surface area contributed by atoms with Crippen LogP contribution in [-0.2, 0) is 23.8 Å². The second-order valence-corrected chi connectivity index (χ2v) is 4.51. The molecule has 1 aromatic carbocycles. The number of ether oxygens (including phenoxy) is 1. The van der Waals surface area contributed by atoms with Crippen LogP contribution in [0.2, 0.25) is 0 Å². The van der Waals surface area contributed by atoms with Crippen LogP contribution in [0.5, 0.6) is 0 Å². The third-order valence-corrected chi connectivity index (χ3v) is 3.24. The van der Waals surface area contributed by atoms with Crippen molar-refractivity contribution in [3.05, 3.63) is 29.6 Å². The molecule has 20 heavy (non-hydrogen) atoms. The maximum Gasteiger partial charge on any atom is 0.458 e. The van der Waals surface area contributed by atoms with E-state index in [9.17, 15) is 22.0 Å². The molecule has 0 spiro atoms. The molecule has 0 saturated heterocycles. The Hall–Kier alpha value is -1.70. The van der Waals surface area contributed by atoms with Gasteiger partial charge in [-0.05, 0) is 12.1 Å². The predicted octanol–water partition coefficient (Wildman–Crippen LogP) is 3.22. The number of halogens is 5. The lowest BCUT2D eigenvalue weighted by Crippen LogP contribution is -2.33. The molecule has 0 aliphatic carbocycles. The van der Waals surface area contributed by atoms with Crippen LogP contribution in [0, 0.1) is 0 Å². The molecule has 3 rings (SSSR count). The van der Waals surface area contributed by atoms with Crippen molar-refractivity contribution < 1.29 is 26.7 Å². The van der Waals surface area contributed by atoms with Gasteiger partial charge in [-0.3, -0.25) is 0 Å². The molecule has 1 aromatic heterocycles. The van der Waals surface area contributed by atoms with Crippen LogP contribution in [0.25, 0.3) is 11.0 Å². The van der Waals surface area contributed by atoms with Crippen LogP contribution in [-0.4, -0.2) is 22.3 Å². The van der Waals surface area contributed by atoms with Gasteiger partial charge in [-0.15, -0.1) is 0 Å². The van der Waals surface area contributed by atoms with Gasteiger partial charge in [0.25, 0.3) is 0 Å². The highest BCUT2D eigenvalue weighted by molar-refractivity contribution is 5.77. The summed E-state index contributed by atoms with van der Waals surface area (Å²) in [6.07, 6.45) is -5.62. The molecule has 2 aromatic rings. The van der Waals surface area contributed by atoms with E-state index in [1.807, 2.05) is 0 Å². The van der Waals surface area contributed by atoms with E-state index in [1.165, 1.54) is 6.07 Å². The minimum absolute atomic E-state index is 0.118. The number of aromatic nitrogens is 2. The average Bonchev–Trinajstić information content (AvgIpc) is 2.74. The normalized spacial score (nSPS) is 16.4. The molecule has 3 nitrogen and oxygen atoms in total. The highest BCUT2D eigenvalue weighted by Crippen LogP contribution is 2.44. The quantitative estimate of drug-likeness (QED) is 0.755. The Morgan fingerprint density at radius 1 is 1.15 bits per heavy atom. The molecule has 0 fully saturated rings. The van der Waals surface area contributed by atoms with E-state index >= 15 is 0 Å². The SMILES string of the molecule is FC(F)(F)C(F)(F)c1ccc2c(c1)nc1n2CCOC1. The minimum Gasteiger partial charge on any atom is -0.372 e. The predicted molar refractivity (Wildman–Crippen MR) is 59.3 cm³/mol. The topological polar surface area (TPSA) is 27.1 Å². The van der Waals surface area contributed by atoms with Crippen molar-refractivity contribution in [3.8, 4) is 0 Å². The number of imidazole rings is 1. The zero-order valence-corrected chi connectivity index (χ0v) is 10.0. The first-order chi connectivity index (χ1) is 9.30. The van der Waals surface area contributed by atoms with Crippen molar-refractivity contribution in [2.45, 2.75) is 25.3 Å². The fraction of sp³-hybridized carbons (Fsp3) is 0.417. The van der Waals surface area contributed by atoms with Gasteiger partial charge in [0.2, 0.25) is 0 Å². The first-order valence-corrected chi connectivity index (χ1v) is 5.82. The van der Waals surface area contributed by atoms with Gasteiger partial charge in [0.15, 0.2) is 0 Å². The first-order valence-electron chi connectivity index (χ1n) is 5.82. The zero-order chi connectivity index (χ0) is 14.5. The number of nitrogens with zero attached hydrogens (tertiary/aromatic N) is 2. The molecule has 0 unspecified atom stereocenters. The van der Waals surface area contributed by atoms with Crippen LogP contribution < -0.4 is 0 Å². The molecule has 0 atom stereocenters. The van der Waals surface area contributed by atoms with Crippen molar-refractivity contribution in [2.24, 2.45) is 0 Å². The average molecular weight is 292 g/mol. The van der Waals surface area contributed by atoms with E-state index in [0.29, 0.717) is 24.5 Å². The summed E-state index contributed by atoms with van der Waals surface area (Å²) in [6, 6.07) is 2.82. The standard InChI is InChI=1S/C12H9F5N2O/c13-11(14,12(15,16)17)7-1-2-9-8(5-7)18-10-6-20-4-3-19(9)10/h1-2,5H,3-4,6H2. The fourth-order valence-electron chi connectivity index (χ4n) is 2.22. The third-order valence-electron chi connectivity index (χ3n) is 3.24. The third kappa shape index (κ3) is 1.86. The number of alkyl halides is 5. The molecule has 0 saturated carbocycles. The Morgan fingerprint density at radius 2 is 1.90 bits per heavy atom. The van der Waals surface area contributed by atoms with Gasteiger partial charge in [-0.2, -0.15) is 22.0 Å². The van der Waals surface area contributed by atoms with Gasteiger partial charge in [-0.1, -0.05) is 6.07 Å². The van der Waals surface area contributed by atoms with Crippen molar-refractivity contribution in [3.63, 3.8) is 0 Å². The Labute approximate surface area is 110 Å². The summed E-state index contributed by atoms with van der Waals surface area (Å²) in [4.78, 5) is 4.05. The number of fused-ring (bicyclic) bond motifs is 3. The van der Waals surface area contributed by atoms with Crippen LogP contribution >= 0.6 is 0 Å². The van der Waals surface area contributed by atoms with Crippen LogP contribution in [0.1, 0.15) is 11.4 Å². The van der Waals surface area contributed by atoms with Gasteiger partial charge in [0, 0.05) is 12.1 Å². The Bertz CT molecular complexity index is 662. The fourth-order valence-corrected chi connectivity index (χ4v) is 2.22. The summed E-state index contributed by atoms with van der Waals surface area (Å²) in [5.41, 5.74) is -0.453. The van der Waals surface area contributed by atoms with Gasteiger partial charge in [0.05, 0.1) is 17.6 Å². The van der Waals surface area contributed by atoms with E-state index < -0.39 is 17.7 Å². The van der Waals surface area contributed by atoms with Crippen molar-refractivity contribution in [1.82, 2.24) is 9.55 Å². The Morgan fingerprint density at radius 3 is 2.60 bits per heavy atom. The number of rotatable bonds is 1. The summed E-state index contributed by atoms with van der Waals surface area (Å²) >= 11 is 0. The summed E-state index contributed by atoms with van der Waals surface area (Å²) in [6.45, 7) is 1.18.